The van der Waals surface area contributed by atoms with Crippen LogP contribution in [-0.4, -0.2) is 34.7 Å². The number of nitrogens with one attached hydrogen (secondary N) is 1. The van der Waals surface area contributed by atoms with Crippen LogP contribution >= 0.6 is 11.6 Å². The molecule has 1 aromatic heterocycles. The average Bonchev–Trinajstić information content (AvgIpc) is 2.63. The number of halogens is 1. The first-order valence-electron chi connectivity index (χ1n) is 8.50. The minimum atomic E-state index is 0.317. The van der Waals surface area contributed by atoms with Gasteiger partial charge in [0.15, 0.2) is 0 Å². The number of nitrogens with zero attached hydrogens (tertiary/aromatic N) is 2. The maximum absolute atomic E-state index is 9.27. The SMILES string of the molecule is OCC1CCN(Cc2ccccc2NCc2cccnc2Cl)CC1. The molecule has 0 bridgehead atoms. The Morgan fingerprint density at radius 3 is 2.62 bits per heavy atom. The van der Waals surface area contributed by atoms with E-state index >= 15 is 0 Å². The van der Waals surface area contributed by atoms with E-state index in [2.05, 4.69) is 39.5 Å². The lowest BCUT2D eigenvalue weighted by Gasteiger charge is -2.31. The molecule has 24 heavy (non-hydrogen) atoms. The Labute approximate surface area is 148 Å². The second kappa shape index (κ2) is 8.47. The molecule has 1 fully saturated rings. The van der Waals surface area contributed by atoms with Crippen molar-refractivity contribution in [2.45, 2.75) is 25.9 Å². The van der Waals surface area contributed by atoms with Crippen molar-refractivity contribution in [2.24, 2.45) is 5.92 Å². The van der Waals surface area contributed by atoms with Crippen LogP contribution in [0.25, 0.3) is 0 Å². The van der Waals surface area contributed by atoms with Crippen LogP contribution in [0.1, 0.15) is 24.0 Å². The van der Waals surface area contributed by atoms with E-state index in [1.165, 1.54) is 5.56 Å². The van der Waals surface area contributed by atoms with E-state index in [-0.39, 0.29) is 0 Å². The highest BCUT2D eigenvalue weighted by Crippen LogP contribution is 2.23. The van der Waals surface area contributed by atoms with E-state index in [0.717, 1.165) is 43.7 Å². The van der Waals surface area contributed by atoms with E-state index in [9.17, 15) is 5.11 Å². The van der Waals surface area contributed by atoms with Gasteiger partial charge >= 0.3 is 0 Å². The Kier molecular flexibility index (Phi) is 6.07. The fourth-order valence-electron chi connectivity index (χ4n) is 3.14. The normalized spacial score (nSPS) is 16.2. The minimum absolute atomic E-state index is 0.317. The fraction of sp³-hybridized carbons (Fsp3) is 0.421. The highest BCUT2D eigenvalue weighted by molar-refractivity contribution is 6.30. The molecule has 5 heteroatoms. The monoisotopic (exact) mass is 345 g/mol. The third-order valence-electron chi connectivity index (χ3n) is 4.68. The molecule has 0 atom stereocenters. The molecule has 2 heterocycles. The van der Waals surface area contributed by atoms with Crippen molar-refractivity contribution in [3.8, 4) is 0 Å². The molecule has 0 unspecified atom stereocenters. The lowest BCUT2D eigenvalue weighted by atomic mass is 9.97. The van der Waals surface area contributed by atoms with E-state index in [0.29, 0.717) is 24.2 Å². The zero-order chi connectivity index (χ0) is 16.8. The van der Waals surface area contributed by atoms with E-state index in [1.54, 1.807) is 6.20 Å². The fourth-order valence-corrected chi connectivity index (χ4v) is 3.33. The molecule has 128 valence electrons. The largest absolute Gasteiger partial charge is 0.396 e. The van der Waals surface area contributed by atoms with Crippen LogP contribution in [0.15, 0.2) is 42.6 Å². The molecule has 1 aliphatic rings. The number of aliphatic hydroxyl groups excluding tert-OH is 1. The Morgan fingerprint density at radius 2 is 1.88 bits per heavy atom. The number of anilines is 1. The summed E-state index contributed by atoms with van der Waals surface area (Å²) in [4.78, 5) is 6.58. The number of aliphatic hydroxyl groups is 1. The zero-order valence-electron chi connectivity index (χ0n) is 13.8. The van der Waals surface area contributed by atoms with E-state index < -0.39 is 0 Å². The standard InChI is InChI=1S/C19H24ClN3O/c20-19-16(5-3-9-21-19)12-22-18-6-2-1-4-17(18)13-23-10-7-15(14-24)8-11-23/h1-6,9,15,22,24H,7-8,10-14H2. The summed E-state index contributed by atoms with van der Waals surface area (Å²) in [6, 6.07) is 12.3. The third kappa shape index (κ3) is 4.47. The number of hydrogen-bond acceptors (Lipinski definition) is 4. The molecular weight excluding hydrogens is 322 g/mol. The van der Waals surface area contributed by atoms with Crippen molar-refractivity contribution >= 4 is 17.3 Å². The van der Waals surface area contributed by atoms with Gasteiger partial charge in [0, 0.05) is 37.1 Å². The molecule has 1 saturated heterocycles. The van der Waals surface area contributed by atoms with Crippen molar-refractivity contribution in [3.05, 3.63) is 58.9 Å². The molecule has 0 saturated carbocycles. The molecule has 0 aliphatic carbocycles. The summed E-state index contributed by atoms with van der Waals surface area (Å²) < 4.78 is 0. The number of aromatic nitrogens is 1. The molecule has 0 amide bonds. The summed E-state index contributed by atoms with van der Waals surface area (Å²) in [5, 5.41) is 13.3. The van der Waals surface area contributed by atoms with Crippen molar-refractivity contribution < 1.29 is 5.11 Å². The maximum Gasteiger partial charge on any atom is 0.133 e. The van der Waals surface area contributed by atoms with Crippen LogP contribution in [0.5, 0.6) is 0 Å². The van der Waals surface area contributed by atoms with E-state index in [4.69, 9.17) is 11.6 Å². The van der Waals surface area contributed by atoms with Crippen LogP contribution in [-0.2, 0) is 13.1 Å². The number of rotatable bonds is 6. The summed E-state index contributed by atoms with van der Waals surface area (Å²) in [5.41, 5.74) is 3.43. The Morgan fingerprint density at radius 1 is 1.12 bits per heavy atom. The highest BCUT2D eigenvalue weighted by Gasteiger charge is 2.19. The average molecular weight is 346 g/mol. The first-order chi connectivity index (χ1) is 11.8. The summed E-state index contributed by atoms with van der Waals surface area (Å²) in [7, 11) is 0. The van der Waals surface area contributed by atoms with Gasteiger partial charge in [0.25, 0.3) is 0 Å². The highest BCUT2D eigenvalue weighted by atomic mass is 35.5. The summed E-state index contributed by atoms with van der Waals surface area (Å²) in [6.07, 6.45) is 3.87. The molecule has 0 radical (unpaired) electrons. The van der Waals surface area contributed by atoms with Crippen LogP contribution in [0, 0.1) is 5.92 Å². The van der Waals surface area contributed by atoms with Gasteiger partial charge in [-0.1, -0.05) is 35.9 Å². The van der Waals surface area contributed by atoms with Crippen molar-refractivity contribution in [2.75, 3.05) is 25.0 Å². The number of hydrogen-bond donors (Lipinski definition) is 2. The molecule has 2 aromatic rings. The van der Waals surface area contributed by atoms with Crippen molar-refractivity contribution in [1.82, 2.24) is 9.88 Å². The van der Waals surface area contributed by atoms with Gasteiger partial charge in [-0.05, 0) is 49.5 Å². The molecule has 2 N–H and O–H groups in total. The number of benzene rings is 1. The van der Waals surface area contributed by atoms with Gasteiger partial charge < -0.3 is 10.4 Å². The summed E-state index contributed by atoms with van der Waals surface area (Å²) >= 11 is 6.13. The molecule has 1 aromatic carbocycles. The maximum atomic E-state index is 9.27. The van der Waals surface area contributed by atoms with Crippen molar-refractivity contribution in [1.29, 1.82) is 0 Å². The van der Waals surface area contributed by atoms with Crippen molar-refractivity contribution in [3.63, 3.8) is 0 Å². The third-order valence-corrected chi connectivity index (χ3v) is 5.02. The number of likely N-dealkylation sites (tertiary alicyclic amines) is 1. The van der Waals surface area contributed by atoms with Gasteiger partial charge in [0.05, 0.1) is 0 Å². The smallest absolute Gasteiger partial charge is 0.133 e. The van der Waals surface area contributed by atoms with Crippen LogP contribution in [0.3, 0.4) is 0 Å². The zero-order valence-corrected chi connectivity index (χ0v) is 14.5. The number of piperidine rings is 1. The topological polar surface area (TPSA) is 48.4 Å². The van der Waals surface area contributed by atoms with Gasteiger partial charge in [0.2, 0.25) is 0 Å². The predicted molar refractivity (Wildman–Crippen MR) is 98.1 cm³/mol. The van der Waals surface area contributed by atoms with Crippen LogP contribution in [0.2, 0.25) is 5.15 Å². The molecule has 0 spiro atoms. The number of pyridine rings is 1. The Bertz CT molecular complexity index is 657. The molecule has 3 rings (SSSR count). The summed E-state index contributed by atoms with van der Waals surface area (Å²) in [5.74, 6) is 0.474. The summed E-state index contributed by atoms with van der Waals surface area (Å²) in [6.45, 7) is 4.01. The van der Waals surface area contributed by atoms with E-state index in [1.807, 2.05) is 12.1 Å². The first kappa shape index (κ1) is 17.2. The molecule has 1 aliphatic heterocycles. The minimum Gasteiger partial charge on any atom is -0.396 e. The lowest BCUT2D eigenvalue weighted by molar-refractivity contribution is 0.127. The molecular formula is C19H24ClN3O. The van der Waals surface area contributed by atoms with Gasteiger partial charge in [-0.25, -0.2) is 4.98 Å². The van der Waals surface area contributed by atoms with Gasteiger partial charge in [-0.2, -0.15) is 0 Å². The number of para-hydroxylation sites is 1. The van der Waals surface area contributed by atoms with Gasteiger partial charge in [-0.3, -0.25) is 4.90 Å². The predicted octanol–water partition coefficient (Wildman–Crippen LogP) is 3.55. The van der Waals surface area contributed by atoms with Crippen LogP contribution < -0.4 is 5.32 Å². The Balaban J connectivity index is 1.62. The second-order valence-corrected chi connectivity index (χ2v) is 6.72. The van der Waals surface area contributed by atoms with Gasteiger partial charge in [-0.15, -0.1) is 0 Å². The van der Waals surface area contributed by atoms with Gasteiger partial charge in [0.1, 0.15) is 5.15 Å². The first-order valence-corrected chi connectivity index (χ1v) is 8.88. The van der Waals surface area contributed by atoms with Crippen LogP contribution in [0.4, 0.5) is 5.69 Å². The quantitative estimate of drug-likeness (QED) is 0.786. The molecule has 4 nitrogen and oxygen atoms in total. The second-order valence-electron chi connectivity index (χ2n) is 6.37. The Hall–Kier alpha value is -1.62. The lowest BCUT2D eigenvalue weighted by Crippen LogP contribution is -2.34.